The summed E-state index contributed by atoms with van der Waals surface area (Å²) in [5, 5.41) is 2.61. The summed E-state index contributed by atoms with van der Waals surface area (Å²) in [4.78, 5) is 49.9. The summed E-state index contributed by atoms with van der Waals surface area (Å²) < 4.78 is 10.8. The molecule has 0 saturated carbocycles. The zero-order chi connectivity index (χ0) is 21.7. The molecule has 2 aromatic rings. The third-order valence-electron chi connectivity index (χ3n) is 4.53. The first kappa shape index (κ1) is 21.0. The van der Waals surface area contributed by atoms with Gasteiger partial charge in [0.05, 0.1) is 18.7 Å². The van der Waals surface area contributed by atoms with Gasteiger partial charge in [0.15, 0.2) is 11.9 Å². The maximum absolute atomic E-state index is 12.4. The average Bonchev–Trinajstić information content (AvgIpc) is 2.87. The number of nitrogens with one attached hydrogen (secondary N) is 1. The maximum atomic E-state index is 12.4. The Labute approximate surface area is 173 Å². The minimum Gasteiger partial charge on any atom is -0.491 e. The number of benzene rings is 2. The maximum Gasteiger partial charge on any atom is 0.326 e. The topological polar surface area (TPSA) is 102 Å². The number of hydrogen-bond acceptors (Lipinski definition) is 6. The normalized spacial score (nSPS) is 14.1. The van der Waals surface area contributed by atoms with Crippen molar-refractivity contribution in [1.82, 2.24) is 0 Å². The molecule has 2 aromatic carbocycles. The summed E-state index contributed by atoms with van der Waals surface area (Å²) in [7, 11) is 0. The van der Waals surface area contributed by atoms with Crippen molar-refractivity contribution in [2.45, 2.75) is 26.4 Å². The Hall–Kier alpha value is -3.68. The van der Waals surface area contributed by atoms with Crippen molar-refractivity contribution in [2.24, 2.45) is 0 Å². The van der Waals surface area contributed by atoms with Crippen molar-refractivity contribution in [3.63, 3.8) is 0 Å². The molecule has 0 aromatic heterocycles. The molecule has 30 heavy (non-hydrogen) atoms. The highest BCUT2D eigenvalue weighted by Gasteiger charge is 2.27. The number of ether oxygens (including phenoxy) is 2. The number of hydrogen-bond donors (Lipinski definition) is 1. The first-order chi connectivity index (χ1) is 14.3. The summed E-state index contributed by atoms with van der Waals surface area (Å²) in [6.45, 7) is 2.75. The number of esters is 1. The summed E-state index contributed by atoms with van der Waals surface area (Å²) in [5.74, 6) is -1.16. The van der Waals surface area contributed by atoms with Crippen LogP contribution in [-0.2, 0) is 19.1 Å². The second-order valence-electron chi connectivity index (χ2n) is 6.80. The molecular weight excluding hydrogens is 388 g/mol. The number of fused-ring (bicyclic) bond motifs is 1. The van der Waals surface area contributed by atoms with E-state index in [-0.39, 0.29) is 31.3 Å². The third-order valence-corrected chi connectivity index (χ3v) is 4.53. The highest BCUT2D eigenvalue weighted by atomic mass is 16.5. The van der Waals surface area contributed by atoms with Crippen LogP contribution in [0.15, 0.2) is 48.5 Å². The van der Waals surface area contributed by atoms with Gasteiger partial charge in [0, 0.05) is 11.3 Å². The number of nitrogens with zero attached hydrogens (tertiary/aromatic N) is 1. The van der Waals surface area contributed by atoms with Gasteiger partial charge >= 0.3 is 5.97 Å². The van der Waals surface area contributed by atoms with E-state index in [1.54, 1.807) is 48.5 Å². The molecule has 8 heteroatoms. The van der Waals surface area contributed by atoms with Gasteiger partial charge in [0.1, 0.15) is 12.3 Å². The first-order valence-corrected chi connectivity index (χ1v) is 9.48. The fourth-order valence-corrected chi connectivity index (χ4v) is 2.97. The Kier molecular flexibility index (Phi) is 6.46. The molecule has 0 fully saturated rings. The Bertz CT molecular complexity index is 987. The van der Waals surface area contributed by atoms with Crippen LogP contribution >= 0.6 is 0 Å². The van der Waals surface area contributed by atoms with Gasteiger partial charge in [-0.2, -0.15) is 0 Å². The van der Waals surface area contributed by atoms with Crippen LogP contribution < -0.4 is 15.0 Å². The number of amides is 2. The van der Waals surface area contributed by atoms with Gasteiger partial charge in [0.2, 0.25) is 5.91 Å². The van der Waals surface area contributed by atoms with E-state index in [1.807, 2.05) is 0 Å². The molecule has 0 bridgehead atoms. The van der Waals surface area contributed by atoms with Crippen LogP contribution in [0.25, 0.3) is 0 Å². The van der Waals surface area contributed by atoms with Crippen LogP contribution in [0.4, 0.5) is 11.4 Å². The number of carbonyl (C=O) groups is 4. The lowest BCUT2D eigenvalue weighted by Crippen LogP contribution is -2.39. The van der Waals surface area contributed by atoms with Crippen LogP contribution in [0.2, 0.25) is 0 Å². The average molecular weight is 410 g/mol. The van der Waals surface area contributed by atoms with E-state index in [0.717, 1.165) is 0 Å². The molecule has 1 heterocycles. The first-order valence-electron chi connectivity index (χ1n) is 9.48. The molecule has 0 saturated heterocycles. The van der Waals surface area contributed by atoms with E-state index in [0.29, 0.717) is 22.7 Å². The number of anilines is 2. The van der Waals surface area contributed by atoms with Crippen molar-refractivity contribution < 1.29 is 28.7 Å². The quantitative estimate of drug-likeness (QED) is 0.580. The Morgan fingerprint density at radius 3 is 2.70 bits per heavy atom. The Morgan fingerprint density at radius 2 is 1.93 bits per heavy atom. The second-order valence-corrected chi connectivity index (χ2v) is 6.80. The van der Waals surface area contributed by atoms with Crippen molar-refractivity contribution in [3.05, 3.63) is 54.1 Å². The molecule has 1 aliphatic heterocycles. The van der Waals surface area contributed by atoms with Crippen LogP contribution in [0.5, 0.6) is 5.75 Å². The molecule has 0 aliphatic carbocycles. The van der Waals surface area contributed by atoms with Gasteiger partial charge in [0.25, 0.3) is 5.91 Å². The van der Waals surface area contributed by atoms with Crippen LogP contribution in [0, 0.1) is 0 Å². The van der Waals surface area contributed by atoms with Gasteiger partial charge in [-0.05, 0) is 38.1 Å². The Balaban J connectivity index is 1.63. The van der Waals surface area contributed by atoms with Crippen LogP contribution in [-0.4, -0.2) is 42.8 Å². The van der Waals surface area contributed by atoms with Gasteiger partial charge in [-0.1, -0.05) is 24.3 Å². The van der Waals surface area contributed by atoms with E-state index in [1.165, 1.54) is 18.7 Å². The predicted octanol–water partition coefficient (Wildman–Crippen LogP) is 2.58. The zero-order valence-electron chi connectivity index (χ0n) is 16.7. The fourth-order valence-electron chi connectivity index (χ4n) is 2.97. The molecule has 1 N–H and O–H groups in total. The minimum absolute atomic E-state index is 0.128. The molecular formula is C22H22N2O6. The van der Waals surface area contributed by atoms with E-state index < -0.39 is 18.0 Å². The molecule has 156 valence electrons. The smallest absolute Gasteiger partial charge is 0.326 e. The summed E-state index contributed by atoms with van der Waals surface area (Å²) in [6.07, 6.45) is -0.961. The third kappa shape index (κ3) is 5.02. The SMILES string of the molecule is CC(=O)c1cccc(NC(=O)[C@@H](C)OC(=O)CN2C(=O)CCOc3ccccc32)c1. The van der Waals surface area contributed by atoms with Gasteiger partial charge in [-0.15, -0.1) is 0 Å². The lowest BCUT2D eigenvalue weighted by atomic mass is 10.1. The molecule has 1 aliphatic rings. The van der Waals surface area contributed by atoms with E-state index >= 15 is 0 Å². The monoisotopic (exact) mass is 410 g/mol. The highest BCUT2D eigenvalue weighted by Crippen LogP contribution is 2.30. The molecule has 1 atom stereocenters. The van der Waals surface area contributed by atoms with Crippen molar-refractivity contribution >= 4 is 34.9 Å². The molecule has 3 rings (SSSR count). The molecule has 0 spiro atoms. The molecule has 0 radical (unpaired) electrons. The van der Waals surface area contributed by atoms with E-state index in [9.17, 15) is 19.2 Å². The van der Waals surface area contributed by atoms with Crippen LogP contribution in [0.1, 0.15) is 30.6 Å². The van der Waals surface area contributed by atoms with Crippen molar-refractivity contribution in [2.75, 3.05) is 23.4 Å². The Morgan fingerprint density at radius 1 is 1.17 bits per heavy atom. The standard InChI is InChI=1S/C22H22N2O6/c1-14(25)16-6-5-7-17(12-16)23-22(28)15(2)30-21(27)13-24-18-8-3-4-9-19(18)29-11-10-20(24)26/h3-9,12,15H,10-11,13H2,1-2H3,(H,23,28)/t15-/m1/s1. The van der Waals surface area contributed by atoms with Crippen molar-refractivity contribution in [1.29, 1.82) is 0 Å². The predicted molar refractivity (Wildman–Crippen MR) is 110 cm³/mol. The number of Topliss-reactive ketones (excluding diaryl/α,β-unsaturated/α-hetero) is 1. The largest absolute Gasteiger partial charge is 0.491 e. The van der Waals surface area contributed by atoms with E-state index in [4.69, 9.17) is 9.47 Å². The van der Waals surface area contributed by atoms with Gasteiger partial charge < -0.3 is 14.8 Å². The highest BCUT2D eigenvalue weighted by molar-refractivity contribution is 6.01. The zero-order valence-corrected chi connectivity index (χ0v) is 16.7. The summed E-state index contributed by atoms with van der Waals surface area (Å²) in [5.41, 5.74) is 1.36. The summed E-state index contributed by atoms with van der Waals surface area (Å²) >= 11 is 0. The van der Waals surface area contributed by atoms with Gasteiger partial charge in [-0.3, -0.25) is 24.1 Å². The molecule has 0 unspecified atom stereocenters. The number of ketones is 1. The van der Waals surface area contributed by atoms with Gasteiger partial charge in [-0.25, -0.2) is 0 Å². The number of rotatable bonds is 6. The molecule has 8 nitrogen and oxygen atoms in total. The minimum atomic E-state index is -1.09. The second kappa shape index (κ2) is 9.21. The van der Waals surface area contributed by atoms with E-state index in [2.05, 4.69) is 5.32 Å². The lowest BCUT2D eigenvalue weighted by molar-refractivity contribution is -0.152. The number of para-hydroxylation sites is 2. The number of carbonyl (C=O) groups excluding carboxylic acids is 4. The van der Waals surface area contributed by atoms with Crippen LogP contribution in [0.3, 0.4) is 0 Å². The molecule has 2 amide bonds. The summed E-state index contributed by atoms with van der Waals surface area (Å²) in [6, 6.07) is 13.4. The fraction of sp³-hybridized carbons (Fsp3) is 0.273. The lowest BCUT2D eigenvalue weighted by Gasteiger charge is -2.22. The van der Waals surface area contributed by atoms with Crippen molar-refractivity contribution in [3.8, 4) is 5.75 Å².